The van der Waals surface area contributed by atoms with Crippen molar-refractivity contribution in [2.75, 3.05) is 37.0 Å². The number of pyridine rings is 1. The molecule has 0 aliphatic rings. The third-order valence-corrected chi connectivity index (χ3v) is 5.79. The minimum absolute atomic E-state index is 0.621. The molecule has 0 aliphatic carbocycles. The molecule has 0 bridgehead atoms. The SMILES string of the molecule is COc1ccc(Nc2nc3ccc(N(CCC(C)C)CCC(C)C)nc3n2CCCN)cc1. The van der Waals surface area contributed by atoms with Gasteiger partial charge in [-0.25, -0.2) is 9.97 Å². The second-order valence-corrected chi connectivity index (χ2v) is 9.45. The predicted octanol–water partition coefficient (Wildman–Crippen LogP) is 5.43. The lowest BCUT2D eigenvalue weighted by atomic mass is 10.1. The average molecular weight is 453 g/mol. The first kappa shape index (κ1) is 24.8. The van der Waals surface area contributed by atoms with Gasteiger partial charge in [0.25, 0.3) is 0 Å². The average Bonchev–Trinajstić information content (AvgIpc) is 3.13. The molecule has 0 saturated heterocycles. The van der Waals surface area contributed by atoms with Crippen LogP contribution in [0.25, 0.3) is 11.2 Å². The zero-order valence-electron chi connectivity index (χ0n) is 20.8. The highest BCUT2D eigenvalue weighted by Gasteiger charge is 2.16. The van der Waals surface area contributed by atoms with Crippen LogP contribution in [0.1, 0.15) is 47.0 Å². The molecule has 7 nitrogen and oxygen atoms in total. The van der Waals surface area contributed by atoms with Crippen molar-refractivity contribution in [2.24, 2.45) is 17.6 Å². The fraction of sp³-hybridized carbons (Fsp3) is 0.538. The Hall–Kier alpha value is -2.80. The van der Waals surface area contributed by atoms with E-state index in [-0.39, 0.29) is 0 Å². The number of ether oxygens (including phenoxy) is 1. The molecule has 180 valence electrons. The molecule has 0 saturated carbocycles. The number of nitrogens with one attached hydrogen (secondary N) is 1. The minimum atomic E-state index is 0.621. The predicted molar refractivity (Wildman–Crippen MR) is 139 cm³/mol. The van der Waals surface area contributed by atoms with E-state index in [1.807, 2.05) is 24.3 Å². The van der Waals surface area contributed by atoms with E-state index in [9.17, 15) is 0 Å². The zero-order chi connectivity index (χ0) is 23.8. The van der Waals surface area contributed by atoms with E-state index < -0.39 is 0 Å². The van der Waals surface area contributed by atoms with Crippen LogP contribution in [0.4, 0.5) is 17.5 Å². The molecule has 3 aromatic rings. The summed E-state index contributed by atoms with van der Waals surface area (Å²) in [4.78, 5) is 12.4. The van der Waals surface area contributed by atoms with Crippen LogP contribution in [-0.2, 0) is 6.54 Å². The molecule has 1 aromatic carbocycles. The van der Waals surface area contributed by atoms with Gasteiger partial charge in [0.2, 0.25) is 5.95 Å². The summed E-state index contributed by atoms with van der Waals surface area (Å²) in [5.41, 5.74) is 8.58. The molecule has 0 amide bonds. The lowest BCUT2D eigenvalue weighted by molar-refractivity contribution is 0.415. The van der Waals surface area contributed by atoms with Crippen LogP contribution in [0, 0.1) is 11.8 Å². The number of imidazole rings is 1. The first-order valence-corrected chi connectivity index (χ1v) is 12.1. The smallest absolute Gasteiger partial charge is 0.209 e. The van der Waals surface area contributed by atoms with E-state index >= 15 is 0 Å². The molecule has 0 aliphatic heterocycles. The van der Waals surface area contributed by atoms with Gasteiger partial charge >= 0.3 is 0 Å². The maximum absolute atomic E-state index is 5.84. The highest BCUT2D eigenvalue weighted by atomic mass is 16.5. The number of nitrogens with two attached hydrogens (primary N) is 1. The molecule has 3 N–H and O–H groups in total. The summed E-state index contributed by atoms with van der Waals surface area (Å²) in [6.07, 6.45) is 3.15. The maximum atomic E-state index is 5.84. The summed E-state index contributed by atoms with van der Waals surface area (Å²) in [5, 5.41) is 3.45. The summed E-state index contributed by atoms with van der Waals surface area (Å²) >= 11 is 0. The number of methoxy groups -OCH3 is 1. The topological polar surface area (TPSA) is 81.2 Å². The van der Waals surface area contributed by atoms with Crippen LogP contribution in [0.15, 0.2) is 36.4 Å². The number of benzene rings is 1. The van der Waals surface area contributed by atoms with Gasteiger partial charge in [0.15, 0.2) is 5.65 Å². The minimum Gasteiger partial charge on any atom is -0.497 e. The third kappa shape index (κ3) is 6.84. The number of hydrogen-bond donors (Lipinski definition) is 2. The molecule has 7 heteroatoms. The Morgan fingerprint density at radius 3 is 2.21 bits per heavy atom. The van der Waals surface area contributed by atoms with Gasteiger partial charge in [0, 0.05) is 25.3 Å². The maximum Gasteiger partial charge on any atom is 0.209 e. The number of rotatable bonds is 13. The Bertz CT molecular complexity index is 984. The monoisotopic (exact) mass is 452 g/mol. The molecular formula is C26H40N6O. The van der Waals surface area contributed by atoms with Gasteiger partial charge < -0.3 is 20.7 Å². The van der Waals surface area contributed by atoms with Gasteiger partial charge in [-0.3, -0.25) is 4.57 Å². The Labute approximate surface area is 198 Å². The zero-order valence-corrected chi connectivity index (χ0v) is 20.8. The van der Waals surface area contributed by atoms with Crippen molar-refractivity contribution < 1.29 is 4.74 Å². The van der Waals surface area contributed by atoms with Crippen LogP contribution in [0.5, 0.6) is 5.75 Å². The quantitative estimate of drug-likeness (QED) is 0.360. The number of fused-ring (bicyclic) bond motifs is 1. The van der Waals surface area contributed by atoms with Crippen molar-refractivity contribution in [1.29, 1.82) is 0 Å². The van der Waals surface area contributed by atoms with Crippen molar-refractivity contribution in [2.45, 2.75) is 53.5 Å². The highest BCUT2D eigenvalue weighted by Crippen LogP contribution is 2.26. The van der Waals surface area contributed by atoms with Crippen LogP contribution in [0.3, 0.4) is 0 Å². The van der Waals surface area contributed by atoms with Crippen molar-refractivity contribution in [3.8, 4) is 5.75 Å². The Kier molecular flexibility index (Phi) is 8.95. The largest absolute Gasteiger partial charge is 0.497 e. The standard InChI is InChI=1S/C26H40N6O/c1-19(2)13-17-31(18-14-20(3)4)24-12-11-23-25(30-24)32(16-6-15-27)26(29-23)28-21-7-9-22(33-5)10-8-21/h7-12,19-20H,6,13-18,27H2,1-5H3,(H,28,29). The highest BCUT2D eigenvalue weighted by molar-refractivity contribution is 5.78. The normalized spacial score (nSPS) is 11.5. The van der Waals surface area contributed by atoms with E-state index in [4.69, 9.17) is 20.4 Å². The number of anilines is 3. The number of aromatic nitrogens is 3. The third-order valence-electron chi connectivity index (χ3n) is 5.79. The van der Waals surface area contributed by atoms with Crippen molar-refractivity contribution in [3.05, 3.63) is 36.4 Å². The summed E-state index contributed by atoms with van der Waals surface area (Å²) in [6.45, 7) is 12.5. The van der Waals surface area contributed by atoms with Crippen LogP contribution in [-0.4, -0.2) is 41.3 Å². The van der Waals surface area contributed by atoms with Gasteiger partial charge in [-0.1, -0.05) is 27.7 Å². The van der Waals surface area contributed by atoms with Crippen LogP contribution >= 0.6 is 0 Å². The summed E-state index contributed by atoms with van der Waals surface area (Å²) in [7, 11) is 1.67. The summed E-state index contributed by atoms with van der Waals surface area (Å²) in [5.74, 6) is 3.94. The van der Waals surface area contributed by atoms with E-state index in [0.717, 1.165) is 73.3 Å². The Balaban J connectivity index is 1.94. The van der Waals surface area contributed by atoms with E-state index in [1.165, 1.54) is 0 Å². The summed E-state index contributed by atoms with van der Waals surface area (Å²) < 4.78 is 7.42. The molecular weight excluding hydrogens is 412 g/mol. The molecule has 2 heterocycles. The molecule has 0 atom stereocenters. The molecule has 0 spiro atoms. The number of aryl methyl sites for hydroxylation is 1. The molecule has 2 aromatic heterocycles. The van der Waals surface area contributed by atoms with Gasteiger partial charge in [-0.15, -0.1) is 0 Å². The van der Waals surface area contributed by atoms with Gasteiger partial charge in [0.1, 0.15) is 17.1 Å². The molecule has 0 fully saturated rings. The van der Waals surface area contributed by atoms with Crippen molar-refractivity contribution >= 4 is 28.6 Å². The van der Waals surface area contributed by atoms with Crippen molar-refractivity contribution in [3.63, 3.8) is 0 Å². The molecule has 3 rings (SSSR count). The van der Waals surface area contributed by atoms with Crippen LogP contribution < -0.4 is 20.7 Å². The lowest BCUT2D eigenvalue weighted by Gasteiger charge is -2.25. The van der Waals surface area contributed by atoms with Crippen LogP contribution in [0.2, 0.25) is 0 Å². The van der Waals surface area contributed by atoms with E-state index in [1.54, 1.807) is 7.11 Å². The van der Waals surface area contributed by atoms with E-state index in [0.29, 0.717) is 18.4 Å². The second kappa shape index (κ2) is 11.9. The van der Waals surface area contributed by atoms with Gasteiger partial charge in [0.05, 0.1) is 7.11 Å². The fourth-order valence-corrected chi connectivity index (χ4v) is 3.70. The summed E-state index contributed by atoms with van der Waals surface area (Å²) in [6, 6.07) is 12.1. The molecule has 0 radical (unpaired) electrons. The van der Waals surface area contributed by atoms with Gasteiger partial charge in [-0.2, -0.15) is 0 Å². The Morgan fingerprint density at radius 2 is 1.64 bits per heavy atom. The number of nitrogens with zero attached hydrogens (tertiary/aromatic N) is 4. The fourth-order valence-electron chi connectivity index (χ4n) is 3.70. The number of hydrogen-bond acceptors (Lipinski definition) is 6. The first-order chi connectivity index (χ1) is 15.9. The lowest BCUT2D eigenvalue weighted by Crippen LogP contribution is -2.28. The van der Waals surface area contributed by atoms with E-state index in [2.05, 4.69) is 54.6 Å². The first-order valence-electron chi connectivity index (χ1n) is 12.1. The van der Waals surface area contributed by atoms with Crippen molar-refractivity contribution in [1.82, 2.24) is 14.5 Å². The molecule has 0 unspecified atom stereocenters. The molecule has 33 heavy (non-hydrogen) atoms. The Morgan fingerprint density at radius 1 is 0.970 bits per heavy atom. The van der Waals surface area contributed by atoms with Gasteiger partial charge in [-0.05, 0) is 74.0 Å². The second-order valence-electron chi connectivity index (χ2n) is 9.45.